The minimum Gasteiger partial charge on any atom is -0.486 e. The van der Waals surface area contributed by atoms with E-state index >= 15 is 0 Å². The van der Waals surface area contributed by atoms with E-state index in [2.05, 4.69) is 9.47 Å². The first-order chi connectivity index (χ1) is 37.7. The zero-order chi connectivity index (χ0) is 57.6. The van der Waals surface area contributed by atoms with Crippen molar-refractivity contribution in [3.8, 4) is 45.3 Å². The first-order valence-corrected chi connectivity index (χ1v) is 27.8. The number of benzene rings is 6. The maximum Gasteiger partial charge on any atom is 0.387 e. The van der Waals surface area contributed by atoms with Gasteiger partial charge in [-0.25, -0.2) is 25.6 Å². The van der Waals surface area contributed by atoms with Crippen LogP contribution in [0.5, 0.6) is 23.0 Å². The van der Waals surface area contributed by atoms with Gasteiger partial charge in [0.05, 0.1) is 57.3 Å². The van der Waals surface area contributed by atoms with Gasteiger partial charge < -0.3 is 39.4 Å². The van der Waals surface area contributed by atoms with Crippen molar-refractivity contribution in [3.05, 3.63) is 144 Å². The highest BCUT2D eigenvalue weighted by Crippen LogP contribution is 2.50. The average Bonchev–Trinajstić information content (AvgIpc) is 3.37. The van der Waals surface area contributed by atoms with E-state index in [0.29, 0.717) is 22.3 Å². The number of fused-ring (bicyclic) bond motifs is 2. The van der Waals surface area contributed by atoms with Crippen molar-refractivity contribution in [3.63, 3.8) is 0 Å². The second kappa shape index (κ2) is 22.2. The Bertz CT molecular complexity index is 3350. The SMILES string of the molecule is Cc1cccc(S(=O)(=O)N2C[C@H](CC3(C(=O)O)CC(O)C3)Oc3ccc(-c4cc(F)cc(OC(F)F)c4)cc32)c1.Cc1cccc(S(=O)(=O)N2C[C@H](CC3(C(=O)O)CC(O)C3)Oc3ccc(-c4cc(F)cc(OC(F)F)c4)cc32)c1. The van der Waals surface area contributed by atoms with Gasteiger partial charge in [-0.1, -0.05) is 36.4 Å². The number of halogens is 6. The highest BCUT2D eigenvalue weighted by molar-refractivity contribution is 7.93. The van der Waals surface area contributed by atoms with E-state index in [9.17, 15) is 73.2 Å². The van der Waals surface area contributed by atoms with E-state index < -0.39 is 104 Å². The zero-order valence-corrected chi connectivity index (χ0v) is 44.2. The van der Waals surface area contributed by atoms with Crippen molar-refractivity contribution in [1.82, 2.24) is 0 Å². The number of rotatable bonds is 16. The lowest BCUT2D eigenvalue weighted by molar-refractivity contribution is -0.166. The third-order valence-electron chi connectivity index (χ3n) is 14.4. The number of aryl methyl sites for hydroxylation is 2. The molecule has 2 heterocycles. The van der Waals surface area contributed by atoms with Crippen LogP contribution >= 0.6 is 0 Å². The van der Waals surface area contributed by atoms with Crippen LogP contribution in [0, 0.1) is 36.3 Å². The molecule has 16 nitrogen and oxygen atoms in total. The van der Waals surface area contributed by atoms with Crippen molar-refractivity contribution < 1.29 is 92.1 Å². The molecule has 80 heavy (non-hydrogen) atoms. The Labute approximate surface area is 455 Å². The molecular weight excluding hydrogens is 1100 g/mol. The van der Waals surface area contributed by atoms with Crippen molar-refractivity contribution in [2.24, 2.45) is 10.8 Å². The molecule has 2 fully saturated rings. The van der Waals surface area contributed by atoms with Gasteiger partial charge in [-0.05, 0) is 146 Å². The molecule has 0 radical (unpaired) electrons. The van der Waals surface area contributed by atoms with Crippen LogP contribution in [0.25, 0.3) is 22.3 Å². The number of carbonyl (C=O) groups is 2. The van der Waals surface area contributed by atoms with E-state index in [4.69, 9.17) is 9.47 Å². The number of ether oxygens (including phenoxy) is 4. The summed E-state index contributed by atoms with van der Waals surface area (Å²) in [5.41, 5.74) is 0.123. The Balaban J connectivity index is 0.000000194. The Morgan fingerprint density at radius 2 is 0.938 bits per heavy atom. The topological polar surface area (TPSA) is 227 Å². The summed E-state index contributed by atoms with van der Waals surface area (Å²) in [7, 11) is -8.36. The summed E-state index contributed by atoms with van der Waals surface area (Å²) in [5.74, 6) is -4.34. The third kappa shape index (κ3) is 12.0. The lowest BCUT2D eigenvalue weighted by Crippen LogP contribution is -2.52. The molecule has 0 unspecified atom stereocenters. The highest BCUT2D eigenvalue weighted by Gasteiger charge is 2.54. The molecule has 4 N–H and O–H groups in total. The molecule has 2 aliphatic heterocycles. The fourth-order valence-electron chi connectivity index (χ4n) is 10.7. The van der Waals surface area contributed by atoms with Crippen LogP contribution in [0.1, 0.15) is 49.7 Å². The summed E-state index contributed by atoms with van der Waals surface area (Å²) in [5, 5.41) is 39.3. The van der Waals surface area contributed by atoms with Crippen LogP contribution in [0.2, 0.25) is 0 Å². The number of aliphatic hydroxyl groups is 2. The molecule has 6 aromatic rings. The van der Waals surface area contributed by atoms with Crippen LogP contribution in [0.3, 0.4) is 0 Å². The smallest absolute Gasteiger partial charge is 0.387 e. The number of carboxylic acids is 2. The van der Waals surface area contributed by atoms with E-state index in [1.165, 1.54) is 72.8 Å². The molecule has 2 saturated carbocycles. The molecule has 2 aliphatic carbocycles. The minimum absolute atomic E-state index is 0.00916. The number of nitrogens with zero attached hydrogens (tertiary/aromatic N) is 2. The van der Waals surface area contributed by atoms with Gasteiger partial charge in [0.1, 0.15) is 46.8 Å². The second-order valence-corrected chi connectivity index (χ2v) is 24.1. The van der Waals surface area contributed by atoms with Crippen LogP contribution in [-0.4, -0.2) is 99.9 Å². The molecular formula is C56H52F6N2O14S2. The molecule has 0 spiro atoms. The number of hydrogen-bond donors (Lipinski definition) is 4. The molecule has 0 bridgehead atoms. The van der Waals surface area contributed by atoms with E-state index in [1.807, 2.05) is 0 Å². The van der Waals surface area contributed by atoms with Crippen LogP contribution < -0.4 is 27.6 Å². The van der Waals surface area contributed by atoms with Crippen molar-refractivity contribution in [2.45, 2.75) is 99.8 Å². The lowest BCUT2D eigenvalue weighted by Gasteiger charge is -2.45. The molecule has 0 saturated heterocycles. The van der Waals surface area contributed by atoms with Gasteiger partial charge in [-0.3, -0.25) is 18.2 Å². The Kier molecular flexibility index (Phi) is 15.8. The normalized spacial score (nSPS) is 22.3. The first-order valence-electron chi connectivity index (χ1n) is 24.9. The number of hydrogen-bond acceptors (Lipinski definition) is 12. The van der Waals surface area contributed by atoms with Gasteiger partial charge in [0.15, 0.2) is 0 Å². The molecule has 6 aromatic carbocycles. The zero-order valence-electron chi connectivity index (χ0n) is 42.5. The predicted octanol–water partition coefficient (Wildman–Crippen LogP) is 9.95. The van der Waals surface area contributed by atoms with E-state index in [-0.39, 0.29) is 95.4 Å². The van der Waals surface area contributed by atoms with Gasteiger partial charge in [0, 0.05) is 25.0 Å². The van der Waals surface area contributed by atoms with Crippen molar-refractivity contribution in [2.75, 3.05) is 21.7 Å². The molecule has 24 heteroatoms. The number of aliphatic hydroxyl groups excluding tert-OH is 2. The summed E-state index contributed by atoms with van der Waals surface area (Å²) in [4.78, 5) is 24.1. The van der Waals surface area contributed by atoms with Crippen molar-refractivity contribution in [1.29, 1.82) is 0 Å². The summed E-state index contributed by atoms with van der Waals surface area (Å²) in [6.45, 7) is -3.28. The molecule has 10 rings (SSSR count). The fraction of sp³-hybridized carbons (Fsp3) is 0.321. The number of carboxylic acid groups (broad SMARTS) is 2. The highest BCUT2D eigenvalue weighted by atomic mass is 32.2. The van der Waals surface area contributed by atoms with Gasteiger partial charge in [-0.15, -0.1) is 0 Å². The molecule has 0 aromatic heterocycles. The summed E-state index contributed by atoms with van der Waals surface area (Å²) >= 11 is 0. The summed E-state index contributed by atoms with van der Waals surface area (Å²) < 4.78 is 158. The molecule has 4 aliphatic rings. The molecule has 2 atom stereocenters. The van der Waals surface area contributed by atoms with Crippen LogP contribution in [0.4, 0.5) is 37.7 Å². The van der Waals surface area contributed by atoms with Gasteiger partial charge in [0.25, 0.3) is 20.0 Å². The largest absolute Gasteiger partial charge is 0.486 e. The molecule has 0 amide bonds. The van der Waals surface area contributed by atoms with E-state index in [1.54, 1.807) is 38.1 Å². The fourth-order valence-corrected chi connectivity index (χ4v) is 13.9. The Morgan fingerprint density at radius 1 is 0.562 bits per heavy atom. The Hall–Kier alpha value is -7.54. The minimum atomic E-state index is -4.18. The lowest BCUT2D eigenvalue weighted by atomic mass is 9.63. The standard InChI is InChI=1S/2C28H26F3NO7S/c2*1-16-3-2-4-23(7-16)40(36,37)32-15-22(14-28(26(34)35)12-20(33)13-28)38-25-6-5-17(10-24(25)32)18-8-19(29)11-21(9-18)39-27(30)31/h2*2-11,20,22,27,33H,12-15H2,1H3,(H,34,35)/t2*20?,22-,28?/m00/s1. The predicted molar refractivity (Wildman–Crippen MR) is 277 cm³/mol. The number of anilines is 2. The second-order valence-electron chi connectivity index (χ2n) is 20.4. The number of alkyl halides is 4. The summed E-state index contributed by atoms with van der Waals surface area (Å²) in [6, 6.07) is 27.7. The van der Waals surface area contributed by atoms with Gasteiger partial charge >= 0.3 is 25.2 Å². The van der Waals surface area contributed by atoms with E-state index in [0.717, 1.165) is 32.9 Å². The molecule has 424 valence electrons. The Morgan fingerprint density at radius 3 is 1.26 bits per heavy atom. The quantitative estimate of drug-likeness (QED) is 0.0662. The number of aliphatic carboxylic acids is 2. The third-order valence-corrected chi connectivity index (χ3v) is 18.0. The van der Waals surface area contributed by atoms with Crippen molar-refractivity contribution >= 4 is 43.4 Å². The summed E-state index contributed by atoms with van der Waals surface area (Å²) in [6.07, 6.45) is -3.15. The monoisotopic (exact) mass is 1150 g/mol. The number of sulfonamides is 2. The first kappa shape index (κ1) is 57.2. The maximum atomic E-state index is 14.2. The van der Waals surface area contributed by atoms with Gasteiger partial charge in [-0.2, -0.15) is 17.6 Å². The van der Waals surface area contributed by atoms with Gasteiger partial charge in [0.2, 0.25) is 0 Å². The van der Waals surface area contributed by atoms with Crippen LogP contribution in [-0.2, 0) is 29.6 Å². The van der Waals surface area contributed by atoms with Crippen LogP contribution in [0.15, 0.2) is 131 Å². The average molecular weight is 1160 g/mol. The maximum absolute atomic E-state index is 14.2.